The molecule has 3 heteroatoms. The number of hydrogen-bond donors (Lipinski definition) is 0. The van der Waals surface area contributed by atoms with E-state index in [1.54, 1.807) is 0 Å². The molecule has 8 heavy (non-hydrogen) atoms. The second-order valence-electron chi connectivity index (χ2n) is 1.00. The van der Waals surface area contributed by atoms with Crippen molar-refractivity contribution in [3.05, 3.63) is 24.3 Å². The third kappa shape index (κ3) is 6.75. The monoisotopic (exact) mass is 332 g/mol. The van der Waals surface area contributed by atoms with Gasteiger partial charge in [-0.05, 0) is 0 Å². The average Bonchev–Trinajstić information content (AvgIpc) is 1.76. The third-order valence-electron chi connectivity index (χ3n) is 0.586. The van der Waals surface area contributed by atoms with Gasteiger partial charge in [0.25, 0.3) is 0 Å². The van der Waals surface area contributed by atoms with Crippen LogP contribution in [-0.2, 0) is 21.1 Å². The zero-order valence-electron chi connectivity index (χ0n) is 4.07. The summed E-state index contributed by atoms with van der Waals surface area (Å²) < 4.78 is 0. The van der Waals surface area contributed by atoms with Crippen LogP contribution in [0.2, 0.25) is 0 Å². The second kappa shape index (κ2) is 10.7. The van der Waals surface area contributed by atoms with Gasteiger partial charge < -0.3 is 0 Å². The van der Waals surface area contributed by atoms with Crippen LogP contribution in [0.25, 0.3) is 0 Å². The predicted octanol–water partition coefficient (Wildman–Crippen LogP) is 2.15. The molecule has 0 bridgehead atoms. The maximum Gasteiger partial charge on any atom is 0 e. The molecule has 0 spiro atoms. The summed E-state index contributed by atoms with van der Waals surface area (Å²) >= 11 is 0. The van der Waals surface area contributed by atoms with Gasteiger partial charge in [-0.2, -0.15) is 6.08 Å². The molecular formula is C5H7Cl2Pt-. The summed E-state index contributed by atoms with van der Waals surface area (Å²) in [5.41, 5.74) is 0. The van der Waals surface area contributed by atoms with Crippen molar-refractivity contribution in [3.8, 4) is 0 Å². The molecule has 1 aliphatic carbocycles. The van der Waals surface area contributed by atoms with E-state index in [1.807, 2.05) is 12.2 Å². The Morgan fingerprint density at radius 2 is 1.88 bits per heavy atom. The third-order valence-corrected chi connectivity index (χ3v) is 0.586. The Kier molecular flexibility index (Phi) is 21.2. The summed E-state index contributed by atoms with van der Waals surface area (Å²) in [6.45, 7) is 0. The van der Waals surface area contributed by atoms with Gasteiger partial charge >= 0.3 is 0 Å². The molecule has 0 saturated heterocycles. The van der Waals surface area contributed by atoms with Gasteiger partial charge in [0, 0.05) is 21.1 Å². The molecule has 0 radical (unpaired) electrons. The van der Waals surface area contributed by atoms with Gasteiger partial charge in [-0.1, -0.05) is 0 Å². The maximum absolute atomic E-state index is 2.99. The van der Waals surface area contributed by atoms with Crippen molar-refractivity contribution in [2.75, 3.05) is 0 Å². The summed E-state index contributed by atoms with van der Waals surface area (Å²) in [4.78, 5) is 0. The van der Waals surface area contributed by atoms with Crippen LogP contribution >= 0.6 is 24.8 Å². The minimum absolute atomic E-state index is 0. The van der Waals surface area contributed by atoms with E-state index in [0.717, 1.165) is 6.42 Å². The van der Waals surface area contributed by atoms with Crippen molar-refractivity contribution in [1.82, 2.24) is 0 Å². The van der Waals surface area contributed by atoms with Crippen molar-refractivity contribution < 1.29 is 21.1 Å². The average molecular weight is 333 g/mol. The smallest absolute Gasteiger partial charge is 0 e. The molecule has 0 unspecified atom stereocenters. The Morgan fingerprint density at radius 3 is 2.00 bits per heavy atom. The van der Waals surface area contributed by atoms with E-state index in [1.165, 1.54) is 0 Å². The fourth-order valence-corrected chi connectivity index (χ4v) is 0.340. The molecule has 1 rings (SSSR count). The van der Waals surface area contributed by atoms with Gasteiger partial charge in [0.05, 0.1) is 0 Å². The van der Waals surface area contributed by atoms with Crippen molar-refractivity contribution in [2.24, 2.45) is 0 Å². The normalized spacial score (nSPS) is 11.0. The summed E-state index contributed by atoms with van der Waals surface area (Å²) in [7, 11) is 0. The molecule has 0 aromatic heterocycles. The molecule has 0 aliphatic heterocycles. The summed E-state index contributed by atoms with van der Waals surface area (Å²) in [5, 5.41) is 0. The Bertz CT molecular complexity index is 68.5. The van der Waals surface area contributed by atoms with E-state index in [0.29, 0.717) is 0 Å². The minimum Gasteiger partial charge on any atom is -0.273 e. The van der Waals surface area contributed by atoms with Gasteiger partial charge in [-0.15, -0.1) is 31.2 Å². The van der Waals surface area contributed by atoms with Crippen LogP contribution in [0.5, 0.6) is 0 Å². The van der Waals surface area contributed by atoms with Crippen LogP contribution < -0.4 is 0 Å². The number of halogens is 2. The van der Waals surface area contributed by atoms with E-state index in [9.17, 15) is 0 Å². The summed E-state index contributed by atoms with van der Waals surface area (Å²) in [6.07, 6.45) is 10.0. The second-order valence-corrected chi connectivity index (χ2v) is 1.00. The zero-order chi connectivity index (χ0) is 3.54. The van der Waals surface area contributed by atoms with Crippen LogP contribution in [0.4, 0.5) is 0 Å². The molecule has 0 fully saturated rings. The Hall–Kier alpha value is 0.748. The molecule has 0 atom stereocenters. The van der Waals surface area contributed by atoms with E-state index in [2.05, 4.69) is 12.2 Å². The number of allylic oxidation sites excluding steroid dienone is 4. The van der Waals surface area contributed by atoms with E-state index >= 15 is 0 Å². The summed E-state index contributed by atoms with van der Waals surface area (Å²) in [6, 6.07) is 0. The largest absolute Gasteiger partial charge is 0.273 e. The molecule has 52 valence electrons. The van der Waals surface area contributed by atoms with Gasteiger partial charge in [0.15, 0.2) is 0 Å². The molecule has 0 aromatic rings. The quantitative estimate of drug-likeness (QED) is 0.596. The van der Waals surface area contributed by atoms with Crippen LogP contribution in [0, 0.1) is 6.08 Å². The molecule has 0 aromatic carbocycles. The first-order valence-corrected chi connectivity index (χ1v) is 1.72. The van der Waals surface area contributed by atoms with E-state index in [-0.39, 0.29) is 45.9 Å². The zero-order valence-corrected chi connectivity index (χ0v) is 7.98. The minimum atomic E-state index is 0. The molecule has 0 N–H and O–H groups in total. The van der Waals surface area contributed by atoms with Crippen LogP contribution in [0.3, 0.4) is 0 Å². The fourth-order valence-electron chi connectivity index (χ4n) is 0.340. The first-order valence-electron chi connectivity index (χ1n) is 1.72. The molecule has 0 amide bonds. The van der Waals surface area contributed by atoms with Gasteiger partial charge in [-0.25, -0.2) is 12.2 Å². The number of rotatable bonds is 0. The predicted molar refractivity (Wildman–Crippen MR) is 36.1 cm³/mol. The van der Waals surface area contributed by atoms with E-state index < -0.39 is 0 Å². The molecule has 0 saturated carbocycles. The van der Waals surface area contributed by atoms with E-state index in [4.69, 9.17) is 0 Å². The fraction of sp³-hybridized carbons (Fsp3) is 0.200. The molecule has 1 aliphatic rings. The van der Waals surface area contributed by atoms with Crippen molar-refractivity contribution in [3.63, 3.8) is 0 Å². The van der Waals surface area contributed by atoms with Crippen LogP contribution in [0.1, 0.15) is 6.42 Å². The first-order chi connectivity index (χ1) is 2.50. The Morgan fingerprint density at radius 1 is 1.25 bits per heavy atom. The van der Waals surface area contributed by atoms with Gasteiger partial charge in [-0.3, -0.25) is 6.08 Å². The molecule has 0 heterocycles. The van der Waals surface area contributed by atoms with Crippen molar-refractivity contribution >= 4 is 24.8 Å². The van der Waals surface area contributed by atoms with Crippen molar-refractivity contribution in [2.45, 2.75) is 6.42 Å². The van der Waals surface area contributed by atoms with Crippen LogP contribution in [0.15, 0.2) is 18.2 Å². The van der Waals surface area contributed by atoms with Gasteiger partial charge in [0.2, 0.25) is 0 Å². The number of hydrogen-bond acceptors (Lipinski definition) is 0. The standard InChI is InChI=1S/C5H5.2ClH.Pt/c1-2-4-5-3-1;;;/h1-3H,4H2;2*1H;/q-1;;;. The molecule has 0 nitrogen and oxygen atoms in total. The maximum atomic E-state index is 2.99. The van der Waals surface area contributed by atoms with Crippen LogP contribution in [-0.4, -0.2) is 0 Å². The Balaban J connectivity index is -0.0000000833. The topological polar surface area (TPSA) is 0 Å². The molecular weight excluding hydrogens is 326 g/mol. The van der Waals surface area contributed by atoms with Crippen molar-refractivity contribution in [1.29, 1.82) is 0 Å². The SMILES string of the molecule is Cl.Cl.[C-]1=CC=CC1.[Pt]. The Labute approximate surface area is 76.5 Å². The first kappa shape index (κ1) is 15.9. The summed E-state index contributed by atoms with van der Waals surface area (Å²) in [5.74, 6) is 0. The van der Waals surface area contributed by atoms with Gasteiger partial charge in [0.1, 0.15) is 0 Å².